The van der Waals surface area contributed by atoms with E-state index in [2.05, 4.69) is 0 Å². The summed E-state index contributed by atoms with van der Waals surface area (Å²) in [5.74, 6) is -0.755. The zero-order valence-corrected chi connectivity index (χ0v) is 9.69. The molecule has 1 aromatic rings. The maximum Gasteiger partial charge on any atom is 0.344 e. The van der Waals surface area contributed by atoms with Gasteiger partial charge in [0.1, 0.15) is 5.75 Å². The van der Waals surface area contributed by atoms with Gasteiger partial charge in [-0.15, -0.1) is 0 Å². The number of hydrogen-bond acceptors (Lipinski definition) is 4. The highest BCUT2D eigenvalue weighted by atomic mass is 32.2. The number of aliphatic carboxylic acids is 1. The number of carboxylic acid groups (broad SMARTS) is 1. The van der Waals surface area contributed by atoms with Crippen LogP contribution in [0.3, 0.4) is 0 Å². The molecular formula is C10H12O5S. The van der Waals surface area contributed by atoms with Gasteiger partial charge in [0.25, 0.3) is 0 Å². The Bertz CT molecular complexity index is 474. The Morgan fingerprint density at radius 2 is 1.81 bits per heavy atom. The lowest BCUT2D eigenvalue weighted by molar-refractivity contribution is -0.144. The molecule has 1 unspecified atom stereocenters. The molecule has 1 rings (SSSR count). The summed E-state index contributed by atoms with van der Waals surface area (Å²) in [5.41, 5.74) is 0. The lowest BCUT2D eigenvalue weighted by atomic mass is 10.3. The first-order valence-electron chi connectivity index (χ1n) is 4.50. The molecule has 5 nitrogen and oxygen atoms in total. The van der Waals surface area contributed by atoms with Crippen molar-refractivity contribution >= 4 is 15.8 Å². The van der Waals surface area contributed by atoms with Crippen molar-refractivity contribution in [2.75, 3.05) is 6.26 Å². The Labute approximate surface area is 93.6 Å². The predicted molar refractivity (Wildman–Crippen MR) is 57.3 cm³/mol. The van der Waals surface area contributed by atoms with E-state index in [0.717, 1.165) is 6.26 Å². The summed E-state index contributed by atoms with van der Waals surface area (Å²) in [5, 5.41) is 8.61. The average Bonchev–Trinajstić information content (AvgIpc) is 2.17. The van der Waals surface area contributed by atoms with Crippen LogP contribution in [0.25, 0.3) is 0 Å². The van der Waals surface area contributed by atoms with Crippen molar-refractivity contribution < 1.29 is 23.1 Å². The molecule has 0 aromatic heterocycles. The van der Waals surface area contributed by atoms with Crippen LogP contribution in [-0.4, -0.2) is 31.9 Å². The third-order valence-corrected chi connectivity index (χ3v) is 3.04. The van der Waals surface area contributed by atoms with Gasteiger partial charge in [0.2, 0.25) is 0 Å². The summed E-state index contributed by atoms with van der Waals surface area (Å²) in [7, 11) is -3.24. The highest BCUT2D eigenvalue weighted by Gasteiger charge is 2.13. The summed E-state index contributed by atoms with van der Waals surface area (Å²) < 4.78 is 27.3. The summed E-state index contributed by atoms with van der Waals surface area (Å²) in [6.45, 7) is 1.40. The van der Waals surface area contributed by atoms with Crippen LogP contribution in [0.5, 0.6) is 5.75 Å². The maximum absolute atomic E-state index is 11.1. The molecule has 1 aromatic carbocycles. The molecule has 0 aliphatic rings. The van der Waals surface area contributed by atoms with Crippen LogP contribution >= 0.6 is 0 Å². The summed E-state index contributed by atoms with van der Waals surface area (Å²) in [6, 6.07) is 5.60. The summed E-state index contributed by atoms with van der Waals surface area (Å²) in [4.78, 5) is 10.7. The average molecular weight is 244 g/mol. The van der Waals surface area contributed by atoms with Crippen molar-refractivity contribution in [3.63, 3.8) is 0 Å². The fourth-order valence-corrected chi connectivity index (χ4v) is 1.65. The molecule has 0 aliphatic heterocycles. The Balaban J connectivity index is 2.84. The van der Waals surface area contributed by atoms with E-state index in [0.29, 0.717) is 5.75 Å². The number of carbonyl (C=O) groups is 1. The third kappa shape index (κ3) is 3.23. The molecule has 1 N–H and O–H groups in total. The van der Waals surface area contributed by atoms with Gasteiger partial charge >= 0.3 is 5.97 Å². The largest absolute Gasteiger partial charge is 0.479 e. The monoisotopic (exact) mass is 244 g/mol. The van der Waals surface area contributed by atoms with Crippen LogP contribution in [0.15, 0.2) is 29.2 Å². The fraction of sp³-hybridized carbons (Fsp3) is 0.300. The van der Waals surface area contributed by atoms with Crippen LogP contribution in [0, 0.1) is 0 Å². The van der Waals surface area contributed by atoms with Gasteiger partial charge < -0.3 is 9.84 Å². The Morgan fingerprint density at radius 3 is 2.19 bits per heavy atom. The first-order valence-corrected chi connectivity index (χ1v) is 6.39. The van der Waals surface area contributed by atoms with E-state index in [1.165, 1.54) is 31.2 Å². The van der Waals surface area contributed by atoms with E-state index in [1.807, 2.05) is 0 Å². The van der Waals surface area contributed by atoms with Gasteiger partial charge in [-0.25, -0.2) is 13.2 Å². The first kappa shape index (κ1) is 12.5. The molecule has 0 bridgehead atoms. The van der Waals surface area contributed by atoms with Gasteiger partial charge in [-0.1, -0.05) is 0 Å². The van der Waals surface area contributed by atoms with E-state index in [9.17, 15) is 13.2 Å². The Hall–Kier alpha value is -1.56. The van der Waals surface area contributed by atoms with E-state index in [1.54, 1.807) is 0 Å². The van der Waals surface area contributed by atoms with Crippen molar-refractivity contribution in [1.29, 1.82) is 0 Å². The first-order chi connectivity index (χ1) is 7.30. The number of hydrogen-bond donors (Lipinski definition) is 1. The van der Waals surface area contributed by atoms with Crippen LogP contribution in [0.1, 0.15) is 6.92 Å². The second-order valence-corrected chi connectivity index (χ2v) is 5.36. The topological polar surface area (TPSA) is 80.7 Å². The number of benzene rings is 1. The van der Waals surface area contributed by atoms with E-state index in [4.69, 9.17) is 9.84 Å². The highest BCUT2D eigenvalue weighted by molar-refractivity contribution is 7.90. The van der Waals surface area contributed by atoms with E-state index >= 15 is 0 Å². The van der Waals surface area contributed by atoms with Crippen molar-refractivity contribution in [3.05, 3.63) is 24.3 Å². The van der Waals surface area contributed by atoms with Gasteiger partial charge in [0.15, 0.2) is 15.9 Å². The number of rotatable bonds is 4. The summed E-state index contributed by atoms with van der Waals surface area (Å²) >= 11 is 0. The van der Waals surface area contributed by atoms with Crippen LogP contribution < -0.4 is 4.74 Å². The van der Waals surface area contributed by atoms with Gasteiger partial charge in [0.05, 0.1) is 4.90 Å². The number of sulfone groups is 1. The molecule has 0 saturated heterocycles. The van der Waals surface area contributed by atoms with Crippen LogP contribution in [0.4, 0.5) is 0 Å². The third-order valence-electron chi connectivity index (χ3n) is 1.91. The SMILES string of the molecule is CC(Oc1ccc(S(C)(=O)=O)cc1)C(=O)O. The van der Waals surface area contributed by atoms with Gasteiger partial charge in [-0.2, -0.15) is 0 Å². The minimum Gasteiger partial charge on any atom is -0.479 e. The molecule has 16 heavy (non-hydrogen) atoms. The molecule has 0 spiro atoms. The Morgan fingerprint density at radius 1 is 1.31 bits per heavy atom. The van der Waals surface area contributed by atoms with E-state index in [-0.39, 0.29) is 4.90 Å². The zero-order chi connectivity index (χ0) is 12.3. The molecular weight excluding hydrogens is 232 g/mol. The minimum absolute atomic E-state index is 0.169. The molecule has 0 aliphatic carbocycles. The van der Waals surface area contributed by atoms with Crippen LogP contribution in [-0.2, 0) is 14.6 Å². The second-order valence-electron chi connectivity index (χ2n) is 3.34. The molecule has 0 heterocycles. The zero-order valence-electron chi connectivity index (χ0n) is 8.88. The summed E-state index contributed by atoms with van der Waals surface area (Å²) in [6.07, 6.45) is 0.131. The highest BCUT2D eigenvalue weighted by Crippen LogP contribution is 2.16. The van der Waals surface area contributed by atoms with Gasteiger partial charge in [-0.05, 0) is 31.2 Å². The van der Waals surface area contributed by atoms with Crippen LogP contribution in [0.2, 0.25) is 0 Å². The fourth-order valence-electron chi connectivity index (χ4n) is 1.02. The normalized spacial score (nSPS) is 13.1. The molecule has 88 valence electrons. The molecule has 1 atom stereocenters. The molecule has 6 heteroatoms. The smallest absolute Gasteiger partial charge is 0.344 e. The molecule has 0 fully saturated rings. The van der Waals surface area contributed by atoms with Gasteiger partial charge in [-0.3, -0.25) is 0 Å². The van der Waals surface area contributed by atoms with Crippen molar-refractivity contribution in [1.82, 2.24) is 0 Å². The lowest BCUT2D eigenvalue weighted by Gasteiger charge is -2.10. The standard InChI is InChI=1S/C10H12O5S/c1-7(10(11)12)15-8-3-5-9(6-4-8)16(2,13)14/h3-7H,1-2H3,(H,11,12). The Kier molecular flexibility index (Phi) is 3.54. The number of ether oxygens (including phenoxy) is 1. The quantitative estimate of drug-likeness (QED) is 0.852. The van der Waals surface area contributed by atoms with Gasteiger partial charge in [0, 0.05) is 6.26 Å². The molecule has 0 amide bonds. The maximum atomic E-state index is 11.1. The molecule has 0 saturated carbocycles. The van der Waals surface area contributed by atoms with Crippen molar-refractivity contribution in [3.8, 4) is 5.75 Å². The number of carboxylic acids is 1. The van der Waals surface area contributed by atoms with Crippen molar-refractivity contribution in [2.24, 2.45) is 0 Å². The lowest BCUT2D eigenvalue weighted by Crippen LogP contribution is -2.22. The van der Waals surface area contributed by atoms with Crippen molar-refractivity contribution in [2.45, 2.75) is 17.9 Å². The second kappa shape index (κ2) is 4.52. The predicted octanol–water partition coefficient (Wildman–Crippen LogP) is 0.942. The van der Waals surface area contributed by atoms with E-state index < -0.39 is 21.9 Å². The molecule has 0 radical (unpaired) electrons. The minimum atomic E-state index is -3.24.